The van der Waals surface area contributed by atoms with Crippen molar-refractivity contribution in [3.05, 3.63) is 41.8 Å². The molecule has 1 unspecified atom stereocenters. The number of aliphatic carboxylic acids is 1. The van der Waals surface area contributed by atoms with Crippen molar-refractivity contribution in [2.75, 3.05) is 0 Å². The minimum Gasteiger partial charge on any atom is -0.481 e. The predicted octanol–water partition coefficient (Wildman–Crippen LogP) is 3.15. The van der Waals surface area contributed by atoms with Crippen LogP contribution in [0.25, 0.3) is 0 Å². The van der Waals surface area contributed by atoms with Crippen LogP contribution >= 0.6 is 11.8 Å². The highest BCUT2D eigenvalue weighted by Crippen LogP contribution is 2.22. The number of carbonyl (C=O) groups is 1. The van der Waals surface area contributed by atoms with Crippen LogP contribution in [0.2, 0.25) is 0 Å². The smallest absolute Gasteiger partial charge is 0.303 e. The van der Waals surface area contributed by atoms with E-state index in [1.165, 1.54) is 23.9 Å². The Labute approximate surface area is 125 Å². The van der Waals surface area contributed by atoms with Crippen LogP contribution in [-0.2, 0) is 17.0 Å². The number of hydrogen-bond acceptors (Lipinski definition) is 5. The number of nitrogens with zero attached hydrogens (tertiary/aromatic N) is 2. The fraction of sp³-hybridized carbons (Fsp3) is 0.357. The van der Waals surface area contributed by atoms with Crippen LogP contribution in [0.1, 0.15) is 25.1 Å². The minimum absolute atomic E-state index is 0.0633. The molecule has 5 nitrogen and oxygen atoms in total. The van der Waals surface area contributed by atoms with E-state index in [2.05, 4.69) is 10.1 Å². The molecule has 1 heterocycles. The van der Waals surface area contributed by atoms with Gasteiger partial charge in [-0.2, -0.15) is 4.98 Å². The van der Waals surface area contributed by atoms with Crippen LogP contribution in [0.3, 0.4) is 0 Å². The second-order valence-electron chi connectivity index (χ2n) is 4.76. The molecule has 0 aliphatic carbocycles. The third-order valence-electron chi connectivity index (χ3n) is 2.72. The van der Waals surface area contributed by atoms with E-state index in [1.54, 1.807) is 6.07 Å². The number of hydrogen-bond donors (Lipinski definition) is 1. The van der Waals surface area contributed by atoms with Crippen LogP contribution in [0, 0.1) is 11.7 Å². The van der Waals surface area contributed by atoms with E-state index in [1.807, 2.05) is 13.0 Å². The molecule has 0 aliphatic heterocycles. The van der Waals surface area contributed by atoms with E-state index in [-0.39, 0.29) is 18.2 Å². The van der Waals surface area contributed by atoms with E-state index in [4.69, 9.17) is 9.63 Å². The van der Waals surface area contributed by atoms with E-state index >= 15 is 0 Å². The molecule has 0 bridgehead atoms. The largest absolute Gasteiger partial charge is 0.481 e. The molecule has 0 fully saturated rings. The number of carboxylic acids is 1. The summed E-state index contributed by atoms with van der Waals surface area (Å²) in [5.41, 5.74) is 0. The molecule has 21 heavy (non-hydrogen) atoms. The van der Waals surface area contributed by atoms with E-state index in [0.717, 1.165) is 4.90 Å². The van der Waals surface area contributed by atoms with E-state index < -0.39 is 5.97 Å². The lowest BCUT2D eigenvalue weighted by Crippen LogP contribution is -2.07. The Morgan fingerprint density at radius 3 is 3.05 bits per heavy atom. The average Bonchev–Trinajstić information content (AvgIpc) is 2.83. The van der Waals surface area contributed by atoms with Crippen molar-refractivity contribution in [3.63, 3.8) is 0 Å². The fourth-order valence-electron chi connectivity index (χ4n) is 1.80. The van der Waals surface area contributed by atoms with Crippen LogP contribution in [-0.4, -0.2) is 21.2 Å². The Morgan fingerprint density at radius 1 is 1.52 bits per heavy atom. The third kappa shape index (κ3) is 5.18. The van der Waals surface area contributed by atoms with Gasteiger partial charge in [-0.25, -0.2) is 4.39 Å². The van der Waals surface area contributed by atoms with Gasteiger partial charge in [-0.3, -0.25) is 4.79 Å². The zero-order chi connectivity index (χ0) is 15.2. The van der Waals surface area contributed by atoms with Crippen LogP contribution < -0.4 is 0 Å². The number of aromatic nitrogens is 2. The Bertz CT molecular complexity index is 618. The summed E-state index contributed by atoms with van der Waals surface area (Å²) in [6.07, 6.45) is 0.500. The van der Waals surface area contributed by atoms with Crippen molar-refractivity contribution in [2.24, 2.45) is 5.92 Å². The molecule has 0 radical (unpaired) electrons. The zero-order valence-electron chi connectivity index (χ0n) is 11.5. The van der Waals surface area contributed by atoms with Gasteiger partial charge in [0.15, 0.2) is 5.82 Å². The van der Waals surface area contributed by atoms with Crippen molar-refractivity contribution >= 4 is 17.7 Å². The fourth-order valence-corrected chi connectivity index (χ4v) is 2.59. The number of benzene rings is 1. The minimum atomic E-state index is -0.844. The van der Waals surface area contributed by atoms with Gasteiger partial charge in [0, 0.05) is 17.7 Å². The molecule has 2 aromatic rings. The summed E-state index contributed by atoms with van der Waals surface area (Å²) in [5, 5.41) is 12.5. The summed E-state index contributed by atoms with van der Waals surface area (Å²) in [4.78, 5) is 15.6. The van der Waals surface area contributed by atoms with Crippen molar-refractivity contribution in [3.8, 4) is 0 Å². The van der Waals surface area contributed by atoms with Gasteiger partial charge in [0.05, 0.1) is 5.75 Å². The van der Waals surface area contributed by atoms with Gasteiger partial charge in [-0.15, -0.1) is 11.8 Å². The molecule has 112 valence electrons. The van der Waals surface area contributed by atoms with Gasteiger partial charge in [-0.05, 0) is 24.1 Å². The van der Waals surface area contributed by atoms with Gasteiger partial charge in [-0.1, -0.05) is 18.1 Å². The van der Waals surface area contributed by atoms with E-state index in [9.17, 15) is 9.18 Å². The maximum atomic E-state index is 13.0. The Balaban J connectivity index is 1.87. The third-order valence-corrected chi connectivity index (χ3v) is 3.71. The number of halogens is 1. The first-order valence-corrected chi connectivity index (χ1v) is 7.43. The zero-order valence-corrected chi connectivity index (χ0v) is 12.3. The van der Waals surface area contributed by atoms with Crippen molar-refractivity contribution in [1.82, 2.24) is 10.1 Å². The normalized spacial score (nSPS) is 12.3. The highest BCUT2D eigenvalue weighted by molar-refractivity contribution is 7.98. The second-order valence-corrected chi connectivity index (χ2v) is 5.81. The molecular weight excluding hydrogens is 295 g/mol. The van der Waals surface area contributed by atoms with Crippen LogP contribution in [0.4, 0.5) is 4.39 Å². The molecule has 1 aromatic carbocycles. The summed E-state index contributed by atoms with van der Waals surface area (Å²) in [7, 11) is 0. The van der Waals surface area contributed by atoms with Gasteiger partial charge in [0.25, 0.3) is 0 Å². The van der Waals surface area contributed by atoms with Crippen molar-refractivity contribution in [2.45, 2.75) is 30.4 Å². The SMILES string of the molecule is CC(CC(=O)O)Cc1nc(CSc2cccc(F)c2)no1. The van der Waals surface area contributed by atoms with Gasteiger partial charge in [0.1, 0.15) is 5.82 Å². The Kier molecular flexibility index (Phi) is 5.32. The van der Waals surface area contributed by atoms with E-state index in [0.29, 0.717) is 23.9 Å². The first kappa shape index (κ1) is 15.5. The first-order valence-electron chi connectivity index (χ1n) is 6.44. The first-order chi connectivity index (χ1) is 10.0. The standard InChI is InChI=1S/C14H15FN2O3S/c1-9(6-14(18)19)5-13-16-12(17-20-13)8-21-11-4-2-3-10(15)7-11/h2-4,7,9H,5-6,8H2,1H3,(H,18,19). The number of rotatable bonds is 7. The molecule has 1 atom stereocenters. The molecule has 2 rings (SSSR count). The molecule has 0 spiro atoms. The van der Waals surface area contributed by atoms with Gasteiger partial charge in [0.2, 0.25) is 5.89 Å². The second kappa shape index (κ2) is 7.21. The lowest BCUT2D eigenvalue weighted by Gasteiger charge is -2.03. The summed E-state index contributed by atoms with van der Waals surface area (Å²) in [5.74, 6) is 0.229. The summed E-state index contributed by atoms with van der Waals surface area (Å²) in [6, 6.07) is 6.29. The van der Waals surface area contributed by atoms with Crippen molar-refractivity contribution in [1.29, 1.82) is 0 Å². The summed E-state index contributed by atoms with van der Waals surface area (Å²) in [6.45, 7) is 1.82. The molecule has 0 saturated carbocycles. The lowest BCUT2D eigenvalue weighted by molar-refractivity contribution is -0.137. The molecule has 0 aliphatic rings. The highest BCUT2D eigenvalue weighted by atomic mass is 32.2. The van der Waals surface area contributed by atoms with Crippen LogP contribution in [0.15, 0.2) is 33.7 Å². The van der Waals surface area contributed by atoms with Crippen molar-refractivity contribution < 1.29 is 18.8 Å². The van der Waals surface area contributed by atoms with Gasteiger partial charge >= 0.3 is 5.97 Å². The Hall–Kier alpha value is -1.89. The highest BCUT2D eigenvalue weighted by Gasteiger charge is 2.13. The monoisotopic (exact) mass is 310 g/mol. The van der Waals surface area contributed by atoms with Crippen LogP contribution in [0.5, 0.6) is 0 Å². The number of carboxylic acid groups (broad SMARTS) is 1. The molecular formula is C14H15FN2O3S. The average molecular weight is 310 g/mol. The number of thioether (sulfide) groups is 1. The molecule has 0 amide bonds. The topological polar surface area (TPSA) is 76.2 Å². The summed E-state index contributed by atoms with van der Waals surface area (Å²) < 4.78 is 18.1. The molecule has 7 heteroatoms. The Morgan fingerprint density at radius 2 is 2.33 bits per heavy atom. The maximum absolute atomic E-state index is 13.0. The molecule has 1 N–H and O–H groups in total. The predicted molar refractivity (Wildman–Crippen MR) is 75.4 cm³/mol. The maximum Gasteiger partial charge on any atom is 0.303 e. The van der Waals surface area contributed by atoms with Gasteiger partial charge < -0.3 is 9.63 Å². The molecule has 0 saturated heterocycles. The molecule has 1 aromatic heterocycles. The quantitative estimate of drug-likeness (QED) is 0.792. The summed E-state index contributed by atoms with van der Waals surface area (Å²) >= 11 is 1.41. The lowest BCUT2D eigenvalue weighted by atomic mass is 10.0.